The average Bonchev–Trinajstić information content (AvgIpc) is 4.05. The summed E-state index contributed by atoms with van der Waals surface area (Å²) in [5.74, 6) is -3.05. The van der Waals surface area contributed by atoms with Crippen LogP contribution >= 0.6 is 11.3 Å². The van der Waals surface area contributed by atoms with Crippen LogP contribution in [0.25, 0.3) is 0 Å². The van der Waals surface area contributed by atoms with Crippen LogP contribution < -0.4 is 21.3 Å². The number of carbonyl (C=O) groups excluding carboxylic acids is 6. The first-order valence-corrected chi connectivity index (χ1v) is 21.0. The minimum Gasteiger partial charge on any atom is -0.347 e. The summed E-state index contributed by atoms with van der Waals surface area (Å²) >= 11 is 1.32. The molecule has 0 aromatic carbocycles. The maximum absolute atomic E-state index is 15.1. The molecule has 6 rings (SSSR count). The van der Waals surface area contributed by atoms with Crippen molar-refractivity contribution >= 4 is 46.7 Å². The number of amides is 5. The van der Waals surface area contributed by atoms with Crippen LogP contribution in [-0.2, 0) is 24.0 Å². The lowest BCUT2D eigenvalue weighted by Gasteiger charge is -2.43. The van der Waals surface area contributed by atoms with E-state index in [0.717, 1.165) is 95.5 Å². The first-order valence-electron chi connectivity index (χ1n) is 20.1. The Kier molecular flexibility index (Phi) is 12.5. The van der Waals surface area contributed by atoms with Crippen molar-refractivity contribution in [3.8, 4) is 0 Å². The van der Waals surface area contributed by atoms with Crippen molar-refractivity contribution in [2.75, 3.05) is 6.54 Å². The third kappa shape index (κ3) is 9.41. The zero-order valence-electron chi connectivity index (χ0n) is 31.8. The van der Waals surface area contributed by atoms with E-state index in [-0.39, 0.29) is 54.0 Å². The van der Waals surface area contributed by atoms with Crippen LogP contribution in [0.4, 0.5) is 0 Å². The lowest BCUT2D eigenvalue weighted by atomic mass is 9.69. The fourth-order valence-corrected chi connectivity index (χ4v) is 9.71. The Morgan fingerprint density at radius 1 is 0.906 bits per heavy atom. The fourth-order valence-electron chi connectivity index (χ4n) is 9.08. The summed E-state index contributed by atoms with van der Waals surface area (Å²) in [6.07, 6.45) is 12.9. The van der Waals surface area contributed by atoms with Crippen molar-refractivity contribution in [2.24, 2.45) is 29.1 Å². The summed E-state index contributed by atoms with van der Waals surface area (Å²) in [6, 6.07) is -0.138. The number of nitrogens with zero attached hydrogens (tertiary/aromatic N) is 1. The van der Waals surface area contributed by atoms with Gasteiger partial charge in [0.25, 0.3) is 11.8 Å². The standard InChI is InChI=1S/C41H59N5O6S/c1-24(2)31-25(3)23-46(33(31)38(50)43-29(22-26-15-16-26)34(47)39(51)42-28-17-18-28)40(52)35(41(4)19-9-6-10-20-41)45-37(49)32(27-12-7-5-8-13-27)44-36(48)30-14-11-21-53-30/h11,14,21,24,26-29,31-33,35H,3,5-10,12-13,15-20,22-23H2,1-2,4H3,(H,42,51)(H,43,50)(H,44,48)(H,45,49)/t29?,31-,32-,33-,35+/m0/s1. The van der Waals surface area contributed by atoms with E-state index in [0.29, 0.717) is 11.3 Å². The molecular weight excluding hydrogens is 691 g/mol. The van der Waals surface area contributed by atoms with Crippen molar-refractivity contribution in [2.45, 2.75) is 147 Å². The largest absolute Gasteiger partial charge is 0.347 e. The summed E-state index contributed by atoms with van der Waals surface area (Å²) in [5, 5.41) is 13.8. The van der Waals surface area contributed by atoms with Crippen LogP contribution in [0.1, 0.15) is 127 Å². The minimum atomic E-state index is -0.984. The number of hydrogen-bond donors (Lipinski definition) is 4. The minimum absolute atomic E-state index is 0.00957. The Hall–Kier alpha value is -3.54. The SMILES string of the molecule is C=C1CN(C(=O)[C@@H](NC(=O)[C@@H](NC(=O)c2cccs2)C2CCCCC2)C2(C)CCCCC2)[C@H](C(=O)NC(CC2CC2)C(=O)C(=O)NC2CC2)[C@H]1C(C)C. The second kappa shape index (κ2) is 16.9. The maximum atomic E-state index is 15.1. The molecule has 5 atom stereocenters. The molecule has 1 unspecified atom stereocenters. The zero-order chi connectivity index (χ0) is 37.9. The van der Waals surface area contributed by atoms with Crippen molar-refractivity contribution in [3.63, 3.8) is 0 Å². The molecule has 0 radical (unpaired) electrons. The number of rotatable bonds is 15. The molecule has 0 spiro atoms. The quantitative estimate of drug-likeness (QED) is 0.145. The van der Waals surface area contributed by atoms with Gasteiger partial charge in [0, 0.05) is 18.5 Å². The molecule has 53 heavy (non-hydrogen) atoms. The number of ketones is 1. The van der Waals surface area contributed by atoms with E-state index >= 15 is 4.79 Å². The summed E-state index contributed by atoms with van der Waals surface area (Å²) < 4.78 is 0. The van der Waals surface area contributed by atoms with E-state index in [2.05, 4.69) is 34.8 Å². The van der Waals surface area contributed by atoms with E-state index in [1.54, 1.807) is 11.0 Å². The average molecular weight is 750 g/mol. The van der Waals surface area contributed by atoms with Crippen molar-refractivity contribution < 1.29 is 28.8 Å². The summed E-state index contributed by atoms with van der Waals surface area (Å²) in [4.78, 5) is 85.9. The zero-order valence-corrected chi connectivity index (χ0v) is 32.6. The van der Waals surface area contributed by atoms with Crippen LogP contribution in [0.5, 0.6) is 0 Å². The summed E-state index contributed by atoms with van der Waals surface area (Å²) in [7, 11) is 0. The number of thiophene rings is 1. The molecule has 1 aliphatic heterocycles. The molecule has 12 heteroatoms. The van der Waals surface area contributed by atoms with Gasteiger partial charge >= 0.3 is 0 Å². The molecule has 11 nitrogen and oxygen atoms in total. The Morgan fingerprint density at radius 3 is 2.19 bits per heavy atom. The van der Waals surface area contributed by atoms with E-state index in [1.165, 1.54) is 11.3 Å². The van der Waals surface area contributed by atoms with Crippen LogP contribution in [0, 0.1) is 29.1 Å². The summed E-state index contributed by atoms with van der Waals surface area (Å²) in [5.41, 5.74) is 0.163. The van der Waals surface area contributed by atoms with Crippen LogP contribution in [-0.4, -0.2) is 77.0 Å². The topological polar surface area (TPSA) is 154 Å². The fraction of sp³-hybridized carbons (Fsp3) is 0.707. The second-order valence-electron chi connectivity index (χ2n) is 17.2. The highest BCUT2D eigenvalue weighted by atomic mass is 32.1. The van der Waals surface area contributed by atoms with Gasteiger partial charge in [-0.15, -0.1) is 11.3 Å². The highest BCUT2D eigenvalue weighted by Crippen LogP contribution is 2.42. The summed E-state index contributed by atoms with van der Waals surface area (Å²) in [6.45, 7) is 10.5. The van der Waals surface area contributed by atoms with Gasteiger partial charge < -0.3 is 26.2 Å². The molecule has 5 aliphatic rings. The lowest BCUT2D eigenvalue weighted by molar-refractivity contribution is -0.147. The number of carbonyl (C=O) groups is 6. The Morgan fingerprint density at radius 2 is 1.58 bits per heavy atom. The third-order valence-electron chi connectivity index (χ3n) is 12.5. The highest BCUT2D eigenvalue weighted by Gasteiger charge is 2.52. The van der Waals surface area contributed by atoms with E-state index in [1.807, 2.05) is 25.3 Å². The first-order chi connectivity index (χ1) is 25.4. The molecule has 290 valence electrons. The molecule has 4 N–H and O–H groups in total. The van der Waals surface area contributed by atoms with Gasteiger partial charge in [-0.1, -0.05) is 90.4 Å². The van der Waals surface area contributed by atoms with Crippen molar-refractivity contribution in [3.05, 3.63) is 34.5 Å². The maximum Gasteiger partial charge on any atom is 0.289 e. The van der Waals surface area contributed by atoms with E-state index in [9.17, 15) is 24.0 Å². The Labute approximate surface area is 318 Å². The molecule has 5 fully saturated rings. The number of likely N-dealkylation sites (tertiary alicyclic amines) is 1. The van der Waals surface area contributed by atoms with Crippen LogP contribution in [0.2, 0.25) is 0 Å². The molecule has 2 heterocycles. The molecule has 4 saturated carbocycles. The van der Waals surface area contributed by atoms with Crippen LogP contribution in [0.3, 0.4) is 0 Å². The van der Waals surface area contributed by atoms with Gasteiger partial charge in [-0.3, -0.25) is 28.8 Å². The van der Waals surface area contributed by atoms with Gasteiger partial charge in [-0.25, -0.2) is 0 Å². The molecule has 1 saturated heterocycles. The van der Waals surface area contributed by atoms with Gasteiger partial charge in [-0.05, 0) is 79.6 Å². The number of hydrogen-bond acceptors (Lipinski definition) is 7. The molecule has 4 aliphatic carbocycles. The van der Waals surface area contributed by atoms with E-state index < -0.39 is 47.2 Å². The Balaban J connectivity index is 1.28. The van der Waals surface area contributed by atoms with E-state index in [4.69, 9.17) is 0 Å². The number of nitrogens with one attached hydrogen (secondary N) is 4. The first kappa shape index (κ1) is 39.2. The molecular formula is C41H59N5O6S. The highest BCUT2D eigenvalue weighted by molar-refractivity contribution is 7.12. The molecule has 5 amide bonds. The normalized spacial score (nSPS) is 24.9. The van der Waals surface area contributed by atoms with Crippen molar-refractivity contribution in [1.29, 1.82) is 0 Å². The monoisotopic (exact) mass is 749 g/mol. The van der Waals surface area contributed by atoms with Crippen molar-refractivity contribution in [1.82, 2.24) is 26.2 Å². The molecule has 0 bridgehead atoms. The number of Topliss-reactive ketones (excluding diaryl/α,β-unsaturated/α-hetero) is 1. The van der Waals surface area contributed by atoms with Gasteiger partial charge in [0.2, 0.25) is 23.5 Å². The second-order valence-corrected chi connectivity index (χ2v) is 18.1. The van der Waals surface area contributed by atoms with Gasteiger partial charge in [0.15, 0.2) is 0 Å². The predicted octanol–water partition coefficient (Wildman–Crippen LogP) is 5.05. The van der Waals surface area contributed by atoms with Gasteiger partial charge in [0.05, 0.1) is 10.9 Å². The van der Waals surface area contributed by atoms with Gasteiger partial charge in [-0.2, -0.15) is 0 Å². The molecule has 1 aromatic heterocycles. The lowest BCUT2D eigenvalue weighted by Crippen LogP contribution is -2.63. The predicted molar refractivity (Wildman–Crippen MR) is 204 cm³/mol. The Bertz CT molecular complexity index is 1540. The van der Waals surface area contributed by atoms with Crippen LogP contribution in [0.15, 0.2) is 29.7 Å². The smallest absolute Gasteiger partial charge is 0.289 e. The van der Waals surface area contributed by atoms with Gasteiger partial charge in [0.1, 0.15) is 18.1 Å². The third-order valence-corrected chi connectivity index (χ3v) is 13.4. The molecule has 1 aromatic rings.